The first-order valence-electron chi connectivity index (χ1n) is 6.01. The van der Waals surface area contributed by atoms with Crippen molar-refractivity contribution in [2.24, 2.45) is 0 Å². The number of hydrogen-bond donors (Lipinski definition) is 0. The predicted molar refractivity (Wildman–Crippen MR) is 79.3 cm³/mol. The van der Waals surface area contributed by atoms with Gasteiger partial charge in [-0.2, -0.15) is 5.10 Å². The Morgan fingerprint density at radius 3 is 2.89 bits per heavy atom. The first-order chi connectivity index (χ1) is 8.47. The lowest BCUT2D eigenvalue weighted by Crippen LogP contribution is -2.22. The molecule has 2 heterocycles. The summed E-state index contributed by atoms with van der Waals surface area (Å²) in [7, 11) is -1.02. The van der Waals surface area contributed by atoms with Gasteiger partial charge < -0.3 is 4.74 Å². The second kappa shape index (κ2) is 5.50. The van der Waals surface area contributed by atoms with Crippen molar-refractivity contribution >= 4 is 34.9 Å². The summed E-state index contributed by atoms with van der Waals surface area (Å²) in [6.45, 7) is 8.35. The van der Waals surface area contributed by atoms with Gasteiger partial charge >= 0.3 is 0 Å². The Hall–Kier alpha value is -0.723. The Labute approximate surface area is 116 Å². The molecule has 0 unspecified atom stereocenters. The number of ether oxygens (including phenoxy) is 1. The van der Waals surface area contributed by atoms with Gasteiger partial charge in [-0.1, -0.05) is 19.6 Å². The third-order valence-corrected chi connectivity index (χ3v) is 5.01. The Morgan fingerprint density at radius 2 is 2.17 bits per heavy atom. The van der Waals surface area contributed by atoms with Crippen LogP contribution in [-0.4, -0.2) is 29.4 Å². The van der Waals surface area contributed by atoms with E-state index in [0.29, 0.717) is 6.73 Å². The molecule has 2 aromatic rings. The second-order valence-corrected chi connectivity index (χ2v) is 11.9. The van der Waals surface area contributed by atoms with Gasteiger partial charge in [-0.05, 0) is 28.0 Å². The Balaban J connectivity index is 2.00. The van der Waals surface area contributed by atoms with Crippen molar-refractivity contribution in [2.45, 2.75) is 32.4 Å². The maximum atomic E-state index is 5.71. The summed E-state index contributed by atoms with van der Waals surface area (Å²) in [6.07, 6.45) is 3.58. The number of aromatic nitrogens is 3. The minimum absolute atomic E-state index is 0.497. The van der Waals surface area contributed by atoms with Crippen LogP contribution < -0.4 is 0 Å². The topological polar surface area (TPSA) is 39.9 Å². The van der Waals surface area contributed by atoms with Crippen LogP contribution in [0.15, 0.2) is 23.1 Å². The van der Waals surface area contributed by atoms with Crippen LogP contribution in [0.3, 0.4) is 0 Å². The largest absolute Gasteiger partial charge is 0.360 e. The molecule has 98 valence electrons. The molecule has 0 saturated carbocycles. The zero-order chi connectivity index (χ0) is 13.2. The van der Waals surface area contributed by atoms with Crippen molar-refractivity contribution in [1.29, 1.82) is 0 Å². The molecule has 0 spiro atoms. The molecule has 0 aliphatic rings. The summed E-state index contributed by atoms with van der Waals surface area (Å²) in [5, 5.41) is 5.42. The standard InChI is InChI=1S/C12H18BrN3OSi/c1-18(2,3)7-6-17-9-16-11-4-5-14-8-10(11)12(13)15-16/h4-5,8H,6-7,9H2,1-3H3. The first kappa shape index (κ1) is 13.7. The highest BCUT2D eigenvalue weighted by Crippen LogP contribution is 2.21. The maximum Gasteiger partial charge on any atom is 0.140 e. The van der Waals surface area contributed by atoms with E-state index in [9.17, 15) is 0 Å². The second-order valence-electron chi connectivity index (χ2n) is 5.53. The number of halogens is 1. The Kier molecular flexibility index (Phi) is 4.19. The lowest BCUT2D eigenvalue weighted by molar-refractivity contribution is 0.0814. The molecule has 6 heteroatoms. The molecule has 0 aromatic carbocycles. The van der Waals surface area contributed by atoms with Gasteiger partial charge in [0, 0.05) is 27.1 Å². The lowest BCUT2D eigenvalue weighted by Gasteiger charge is -2.15. The Bertz CT molecular complexity index is 536. The summed E-state index contributed by atoms with van der Waals surface area (Å²) in [5.41, 5.74) is 1.05. The molecule has 0 saturated heterocycles. The minimum atomic E-state index is -1.02. The highest BCUT2D eigenvalue weighted by atomic mass is 79.9. The first-order valence-corrected chi connectivity index (χ1v) is 10.5. The van der Waals surface area contributed by atoms with Crippen LogP contribution in [0.25, 0.3) is 10.9 Å². The molecular formula is C12H18BrN3OSi. The van der Waals surface area contributed by atoms with E-state index in [-0.39, 0.29) is 0 Å². The van der Waals surface area contributed by atoms with E-state index in [2.05, 4.69) is 45.7 Å². The molecular weight excluding hydrogens is 310 g/mol. The number of hydrogen-bond acceptors (Lipinski definition) is 3. The molecule has 2 rings (SSSR count). The fourth-order valence-corrected chi connectivity index (χ4v) is 2.87. The van der Waals surface area contributed by atoms with E-state index in [1.54, 1.807) is 6.20 Å². The minimum Gasteiger partial charge on any atom is -0.360 e. The van der Waals surface area contributed by atoms with Crippen LogP contribution in [0.4, 0.5) is 0 Å². The van der Waals surface area contributed by atoms with Gasteiger partial charge in [-0.25, -0.2) is 4.68 Å². The quantitative estimate of drug-likeness (QED) is 0.623. The van der Waals surface area contributed by atoms with Gasteiger partial charge in [0.25, 0.3) is 0 Å². The number of nitrogens with zero attached hydrogens (tertiary/aromatic N) is 3. The van der Waals surface area contributed by atoms with E-state index in [0.717, 1.165) is 22.1 Å². The van der Waals surface area contributed by atoms with Crippen molar-refractivity contribution in [3.8, 4) is 0 Å². The molecule has 2 aromatic heterocycles. The van der Waals surface area contributed by atoms with Crippen molar-refractivity contribution < 1.29 is 4.74 Å². The number of pyridine rings is 1. The fraction of sp³-hybridized carbons (Fsp3) is 0.500. The Morgan fingerprint density at radius 1 is 1.39 bits per heavy atom. The molecule has 0 aliphatic carbocycles. The van der Waals surface area contributed by atoms with Crippen LogP contribution in [-0.2, 0) is 11.5 Å². The van der Waals surface area contributed by atoms with Gasteiger partial charge in [0.1, 0.15) is 11.3 Å². The van der Waals surface area contributed by atoms with Crippen LogP contribution in [0.2, 0.25) is 25.7 Å². The van der Waals surface area contributed by atoms with Crippen LogP contribution in [0.1, 0.15) is 0 Å². The highest BCUT2D eigenvalue weighted by Gasteiger charge is 2.13. The SMILES string of the molecule is C[Si](C)(C)CCOCn1nc(Br)c2cnccc21. The average Bonchev–Trinajstić information content (AvgIpc) is 2.62. The third kappa shape index (κ3) is 3.40. The highest BCUT2D eigenvalue weighted by molar-refractivity contribution is 9.10. The molecule has 0 bridgehead atoms. The van der Waals surface area contributed by atoms with Crippen molar-refractivity contribution in [3.05, 3.63) is 23.1 Å². The molecule has 4 nitrogen and oxygen atoms in total. The molecule has 0 atom stereocenters. The molecule has 0 amide bonds. The van der Waals surface area contributed by atoms with Gasteiger partial charge in [-0.15, -0.1) is 0 Å². The van der Waals surface area contributed by atoms with E-state index in [1.165, 1.54) is 6.04 Å². The molecule has 0 N–H and O–H groups in total. The zero-order valence-corrected chi connectivity index (χ0v) is 13.6. The molecule has 0 aliphatic heterocycles. The van der Waals surface area contributed by atoms with Crippen LogP contribution in [0, 0.1) is 0 Å². The van der Waals surface area contributed by atoms with Crippen molar-refractivity contribution in [1.82, 2.24) is 14.8 Å². The van der Waals surface area contributed by atoms with Crippen LogP contribution in [0.5, 0.6) is 0 Å². The van der Waals surface area contributed by atoms with E-state index in [1.807, 2.05) is 16.9 Å². The summed E-state index contributed by atoms with van der Waals surface area (Å²) in [5.74, 6) is 0. The third-order valence-electron chi connectivity index (χ3n) is 2.72. The van der Waals surface area contributed by atoms with E-state index < -0.39 is 8.07 Å². The van der Waals surface area contributed by atoms with Crippen molar-refractivity contribution in [2.75, 3.05) is 6.61 Å². The zero-order valence-electron chi connectivity index (χ0n) is 11.0. The van der Waals surface area contributed by atoms with Crippen LogP contribution >= 0.6 is 15.9 Å². The summed E-state index contributed by atoms with van der Waals surface area (Å²) >= 11 is 3.44. The molecule has 18 heavy (non-hydrogen) atoms. The normalized spacial score (nSPS) is 12.2. The predicted octanol–water partition coefficient (Wildman–Crippen LogP) is 3.51. The molecule has 0 radical (unpaired) electrons. The van der Waals surface area contributed by atoms with E-state index >= 15 is 0 Å². The lowest BCUT2D eigenvalue weighted by atomic mass is 10.3. The smallest absolute Gasteiger partial charge is 0.140 e. The monoisotopic (exact) mass is 327 g/mol. The van der Waals surface area contributed by atoms with Gasteiger partial charge in [0.15, 0.2) is 0 Å². The van der Waals surface area contributed by atoms with Gasteiger partial charge in [0.2, 0.25) is 0 Å². The molecule has 0 fully saturated rings. The number of rotatable bonds is 5. The summed E-state index contributed by atoms with van der Waals surface area (Å²) in [6, 6.07) is 3.13. The average molecular weight is 328 g/mol. The fourth-order valence-electron chi connectivity index (χ4n) is 1.61. The maximum absolute atomic E-state index is 5.71. The van der Waals surface area contributed by atoms with Gasteiger partial charge in [-0.3, -0.25) is 4.98 Å². The van der Waals surface area contributed by atoms with Crippen molar-refractivity contribution in [3.63, 3.8) is 0 Å². The number of fused-ring (bicyclic) bond motifs is 1. The van der Waals surface area contributed by atoms with Gasteiger partial charge in [0.05, 0.1) is 10.9 Å². The summed E-state index contributed by atoms with van der Waals surface area (Å²) < 4.78 is 8.40. The van der Waals surface area contributed by atoms with E-state index in [4.69, 9.17) is 4.74 Å². The summed E-state index contributed by atoms with van der Waals surface area (Å²) in [4.78, 5) is 4.10.